The Labute approximate surface area is 159 Å². The summed E-state index contributed by atoms with van der Waals surface area (Å²) in [6.45, 7) is 4.14. The lowest BCUT2D eigenvalue weighted by Gasteiger charge is -2.61. The normalized spacial score (nSPS) is 35.1. The van der Waals surface area contributed by atoms with Crippen LogP contribution >= 0.6 is 0 Å². The second kappa shape index (κ2) is 6.03. The maximum atomic E-state index is 13.8. The molecule has 1 aromatic heterocycles. The molecular weight excluding hydrogens is 343 g/mol. The molecule has 3 N–H and O–H groups in total. The number of nitrogens with zero attached hydrogens (tertiary/aromatic N) is 1. The van der Waals surface area contributed by atoms with Crippen LogP contribution < -0.4 is 0 Å². The van der Waals surface area contributed by atoms with Crippen LogP contribution in [0.2, 0.25) is 0 Å². The van der Waals surface area contributed by atoms with E-state index in [4.69, 9.17) is 0 Å². The SMILES string of the molecule is Cc1[nH]c2ccc(F)cc2c1C(C)CC(O)N1C2CC3CC1CC(O)(C3)C2. The van der Waals surface area contributed by atoms with E-state index in [1.165, 1.54) is 6.07 Å². The second-order valence-electron chi connectivity index (χ2n) is 9.40. The molecule has 146 valence electrons. The third-order valence-electron chi connectivity index (χ3n) is 7.35. The average molecular weight is 372 g/mol. The van der Waals surface area contributed by atoms with E-state index in [0.717, 1.165) is 54.3 Å². The van der Waals surface area contributed by atoms with Gasteiger partial charge in [-0.25, -0.2) is 4.39 Å². The number of halogens is 1. The number of benzene rings is 1. The molecule has 27 heavy (non-hydrogen) atoms. The van der Waals surface area contributed by atoms with Gasteiger partial charge in [-0.2, -0.15) is 0 Å². The standard InChI is InChI=1S/C22H29FN2O2/c1-12(21-13(2)24-19-4-3-15(23)8-18(19)21)5-20(26)25-16-6-14-7-17(25)11-22(27,9-14)10-16/h3-4,8,12,14,16-17,20,24,26-27H,5-7,9-11H2,1-2H3. The zero-order valence-electron chi connectivity index (χ0n) is 16.1. The maximum Gasteiger partial charge on any atom is 0.123 e. The van der Waals surface area contributed by atoms with Gasteiger partial charge in [0.2, 0.25) is 0 Å². The molecule has 4 nitrogen and oxygen atoms in total. The van der Waals surface area contributed by atoms with E-state index in [0.29, 0.717) is 24.4 Å². The third kappa shape index (κ3) is 2.82. The first-order valence-electron chi connectivity index (χ1n) is 10.3. The summed E-state index contributed by atoms with van der Waals surface area (Å²) in [4.78, 5) is 5.63. The van der Waals surface area contributed by atoms with E-state index in [9.17, 15) is 14.6 Å². The fourth-order valence-electron chi connectivity index (χ4n) is 6.61. The number of hydrogen-bond acceptors (Lipinski definition) is 3. The van der Waals surface area contributed by atoms with E-state index in [2.05, 4.69) is 16.8 Å². The summed E-state index contributed by atoms with van der Waals surface area (Å²) in [5.74, 6) is 0.511. The van der Waals surface area contributed by atoms with Gasteiger partial charge in [0, 0.05) is 28.7 Å². The average Bonchev–Trinajstić information content (AvgIpc) is 2.87. The summed E-state index contributed by atoms with van der Waals surface area (Å²) in [5.41, 5.74) is 2.60. The number of aliphatic hydroxyl groups excluding tert-OH is 1. The van der Waals surface area contributed by atoms with Crippen molar-refractivity contribution in [2.45, 2.75) is 82.2 Å². The topological polar surface area (TPSA) is 59.5 Å². The Bertz CT molecular complexity index is 863. The molecule has 4 aliphatic rings. The van der Waals surface area contributed by atoms with Crippen molar-refractivity contribution < 1.29 is 14.6 Å². The highest BCUT2D eigenvalue weighted by molar-refractivity contribution is 5.85. The molecule has 0 radical (unpaired) electrons. The minimum absolute atomic E-state index is 0.121. The number of aromatic nitrogens is 1. The van der Waals surface area contributed by atoms with Crippen molar-refractivity contribution in [3.63, 3.8) is 0 Å². The molecular formula is C22H29FN2O2. The van der Waals surface area contributed by atoms with Crippen LogP contribution in [0.5, 0.6) is 0 Å². The maximum absolute atomic E-state index is 13.8. The Morgan fingerprint density at radius 2 is 1.96 bits per heavy atom. The number of hydrogen-bond donors (Lipinski definition) is 3. The Hall–Kier alpha value is -1.43. The number of nitrogens with one attached hydrogen (secondary N) is 1. The van der Waals surface area contributed by atoms with Gasteiger partial charge in [-0.3, -0.25) is 4.90 Å². The Morgan fingerprint density at radius 1 is 1.26 bits per heavy atom. The highest BCUT2D eigenvalue weighted by Gasteiger charge is 2.55. The van der Waals surface area contributed by atoms with E-state index in [-0.39, 0.29) is 11.7 Å². The summed E-state index contributed by atoms with van der Waals surface area (Å²) in [6.07, 6.45) is 4.84. The molecule has 2 saturated heterocycles. The predicted molar refractivity (Wildman–Crippen MR) is 103 cm³/mol. The van der Waals surface area contributed by atoms with E-state index >= 15 is 0 Å². The molecule has 0 spiro atoms. The summed E-state index contributed by atoms with van der Waals surface area (Å²) >= 11 is 0. The smallest absolute Gasteiger partial charge is 0.123 e. The Balaban J connectivity index is 1.38. The Kier molecular flexibility index (Phi) is 3.94. The third-order valence-corrected chi connectivity index (χ3v) is 7.35. The van der Waals surface area contributed by atoms with E-state index in [1.807, 2.05) is 6.92 Å². The minimum Gasteiger partial charge on any atom is -0.390 e. The van der Waals surface area contributed by atoms with Gasteiger partial charge >= 0.3 is 0 Å². The highest BCUT2D eigenvalue weighted by atomic mass is 19.1. The van der Waals surface area contributed by atoms with Crippen LogP contribution in [0.3, 0.4) is 0 Å². The molecule has 2 aromatic rings. The van der Waals surface area contributed by atoms with Crippen molar-refractivity contribution in [1.29, 1.82) is 0 Å². The quantitative estimate of drug-likeness (QED) is 0.765. The molecule has 4 atom stereocenters. The van der Waals surface area contributed by atoms with Gasteiger partial charge in [-0.1, -0.05) is 6.92 Å². The molecule has 2 saturated carbocycles. The van der Waals surface area contributed by atoms with Crippen LogP contribution in [0.4, 0.5) is 4.39 Å². The highest BCUT2D eigenvalue weighted by Crippen LogP contribution is 2.52. The molecule has 4 fully saturated rings. The largest absolute Gasteiger partial charge is 0.390 e. The monoisotopic (exact) mass is 372 g/mol. The zero-order valence-corrected chi connectivity index (χ0v) is 16.1. The molecule has 6 rings (SSSR count). The lowest BCUT2D eigenvalue weighted by Crippen LogP contribution is -2.66. The molecule has 3 heterocycles. The number of rotatable bonds is 4. The number of aryl methyl sites for hydroxylation is 1. The minimum atomic E-state index is -0.517. The van der Waals surface area contributed by atoms with Crippen molar-refractivity contribution in [2.75, 3.05) is 0 Å². The first-order chi connectivity index (χ1) is 12.8. The van der Waals surface area contributed by atoms with Crippen molar-refractivity contribution in [1.82, 2.24) is 9.88 Å². The molecule has 4 unspecified atom stereocenters. The van der Waals surface area contributed by atoms with Gasteiger partial charge in [0.15, 0.2) is 0 Å². The number of fused-ring (bicyclic) bond motifs is 1. The number of aromatic amines is 1. The fourth-order valence-corrected chi connectivity index (χ4v) is 6.61. The molecule has 1 aromatic carbocycles. The van der Waals surface area contributed by atoms with E-state index < -0.39 is 11.8 Å². The van der Waals surface area contributed by atoms with Gasteiger partial charge < -0.3 is 15.2 Å². The summed E-state index contributed by atoms with van der Waals surface area (Å²) in [6, 6.07) is 5.45. The lowest BCUT2D eigenvalue weighted by molar-refractivity contribution is -0.199. The van der Waals surface area contributed by atoms with Crippen molar-refractivity contribution in [2.24, 2.45) is 5.92 Å². The lowest BCUT2D eigenvalue weighted by atomic mass is 9.61. The van der Waals surface area contributed by atoms with Gasteiger partial charge in [-0.05, 0) is 81.0 Å². The van der Waals surface area contributed by atoms with Crippen molar-refractivity contribution >= 4 is 10.9 Å². The summed E-state index contributed by atoms with van der Waals surface area (Å²) in [7, 11) is 0. The second-order valence-corrected chi connectivity index (χ2v) is 9.40. The summed E-state index contributed by atoms with van der Waals surface area (Å²) in [5, 5.41) is 22.8. The number of piperidine rings is 2. The van der Waals surface area contributed by atoms with Crippen LogP contribution in [0.15, 0.2) is 18.2 Å². The van der Waals surface area contributed by atoms with Crippen LogP contribution in [0.25, 0.3) is 10.9 Å². The first-order valence-corrected chi connectivity index (χ1v) is 10.3. The number of aliphatic hydroxyl groups is 2. The van der Waals surface area contributed by atoms with Crippen molar-refractivity contribution in [3.8, 4) is 0 Å². The van der Waals surface area contributed by atoms with Crippen LogP contribution in [0, 0.1) is 18.7 Å². The fraction of sp³-hybridized carbons (Fsp3) is 0.636. The van der Waals surface area contributed by atoms with Gasteiger partial charge in [0.25, 0.3) is 0 Å². The number of H-pyrrole nitrogens is 1. The van der Waals surface area contributed by atoms with Crippen molar-refractivity contribution in [3.05, 3.63) is 35.3 Å². The van der Waals surface area contributed by atoms with Crippen LogP contribution in [-0.2, 0) is 0 Å². The van der Waals surface area contributed by atoms with Gasteiger partial charge in [0.05, 0.1) is 5.60 Å². The molecule has 5 heteroatoms. The van der Waals surface area contributed by atoms with Gasteiger partial charge in [0.1, 0.15) is 12.0 Å². The zero-order chi connectivity index (χ0) is 18.9. The van der Waals surface area contributed by atoms with Gasteiger partial charge in [-0.15, -0.1) is 0 Å². The van der Waals surface area contributed by atoms with E-state index in [1.54, 1.807) is 12.1 Å². The molecule has 0 amide bonds. The molecule has 2 aliphatic heterocycles. The van der Waals surface area contributed by atoms with Crippen LogP contribution in [0.1, 0.15) is 62.6 Å². The molecule has 2 aliphatic carbocycles. The Morgan fingerprint density at radius 3 is 2.63 bits per heavy atom. The molecule has 4 bridgehead atoms. The summed E-state index contributed by atoms with van der Waals surface area (Å²) < 4.78 is 13.8. The first kappa shape index (κ1) is 17.7. The van der Waals surface area contributed by atoms with Crippen LogP contribution in [-0.4, -0.2) is 44.0 Å². The predicted octanol–water partition coefficient (Wildman–Crippen LogP) is 3.81.